The van der Waals surface area contributed by atoms with Gasteiger partial charge >= 0.3 is 0 Å². The maximum atomic E-state index is 9.31. The Morgan fingerprint density at radius 2 is 0.952 bits per heavy atom. The van der Waals surface area contributed by atoms with Crippen molar-refractivity contribution in [2.75, 3.05) is 49.2 Å². The molecular weight excluding hydrogens is 520 g/mol. The molecule has 4 aromatic rings. The summed E-state index contributed by atoms with van der Waals surface area (Å²) in [6.45, 7) is 9.46. The van der Waals surface area contributed by atoms with Crippen LogP contribution in [0.3, 0.4) is 0 Å². The summed E-state index contributed by atoms with van der Waals surface area (Å²) >= 11 is 0. The van der Waals surface area contributed by atoms with Gasteiger partial charge in [-0.3, -0.25) is 0 Å². The normalized spacial score (nSPS) is 12.5. The summed E-state index contributed by atoms with van der Waals surface area (Å²) in [5.74, 6) is 0. The number of hydrogen-bond donors (Lipinski definition) is 2. The molecule has 0 radical (unpaired) electrons. The van der Waals surface area contributed by atoms with E-state index in [1.54, 1.807) is 0 Å². The van der Waals surface area contributed by atoms with Crippen LogP contribution in [0.5, 0.6) is 0 Å². The molecule has 1 aliphatic heterocycles. The highest BCUT2D eigenvalue weighted by Crippen LogP contribution is 2.21. The molecule has 0 fully saturated rings. The van der Waals surface area contributed by atoms with Crippen molar-refractivity contribution in [1.29, 1.82) is 0 Å². The van der Waals surface area contributed by atoms with Crippen LogP contribution in [0, 0.1) is 0 Å². The topological polar surface area (TPSA) is 54.7 Å². The number of hydrogen-bond acceptors (Lipinski definition) is 4. The Hall–Kier alpha value is -4.26. The SMILES string of the molecule is CCN(CCO)c1ccc(/C=C/c2cc[n+]3c(c2)-c2cc(/C=C/c4ccc(N(CC)CCO)cc4)cc[n+]2CC3)cc1. The highest BCUT2D eigenvalue weighted by atomic mass is 16.3. The van der Waals surface area contributed by atoms with Crippen LogP contribution in [-0.2, 0) is 13.1 Å². The average molecular weight is 563 g/mol. The van der Waals surface area contributed by atoms with E-state index in [9.17, 15) is 10.2 Å². The molecule has 2 N–H and O–H groups in total. The van der Waals surface area contributed by atoms with Crippen LogP contribution in [0.15, 0.2) is 85.2 Å². The minimum absolute atomic E-state index is 0.156. The second-order valence-corrected chi connectivity index (χ2v) is 10.5. The Balaban J connectivity index is 1.33. The van der Waals surface area contributed by atoms with Gasteiger partial charge in [-0.25, -0.2) is 0 Å². The van der Waals surface area contributed by atoms with E-state index in [1.807, 2.05) is 0 Å². The van der Waals surface area contributed by atoms with Gasteiger partial charge in [-0.05, 0) is 60.4 Å². The fourth-order valence-electron chi connectivity index (χ4n) is 5.50. The molecule has 0 aliphatic carbocycles. The average Bonchev–Trinajstić information content (AvgIpc) is 3.04. The fourth-order valence-corrected chi connectivity index (χ4v) is 5.50. The first kappa shape index (κ1) is 29.2. The van der Waals surface area contributed by atoms with Crippen LogP contribution >= 0.6 is 0 Å². The summed E-state index contributed by atoms with van der Waals surface area (Å²) in [5, 5.41) is 18.6. The molecule has 3 heterocycles. The zero-order chi connectivity index (χ0) is 29.3. The van der Waals surface area contributed by atoms with Crippen LogP contribution < -0.4 is 18.9 Å². The van der Waals surface area contributed by atoms with Gasteiger partial charge in [-0.15, -0.1) is 0 Å². The molecule has 6 heteroatoms. The number of likely N-dealkylation sites (N-methyl/N-ethyl adjacent to an activating group) is 2. The van der Waals surface area contributed by atoms with Crippen molar-refractivity contribution in [3.8, 4) is 11.4 Å². The van der Waals surface area contributed by atoms with E-state index in [-0.39, 0.29) is 13.2 Å². The smallest absolute Gasteiger partial charge is 0.278 e. The van der Waals surface area contributed by atoms with E-state index in [4.69, 9.17) is 0 Å². The van der Waals surface area contributed by atoms with Crippen molar-refractivity contribution in [2.45, 2.75) is 26.9 Å². The fraction of sp³-hybridized carbons (Fsp3) is 0.278. The molecule has 42 heavy (non-hydrogen) atoms. The third-order valence-corrected chi connectivity index (χ3v) is 7.92. The van der Waals surface area contributed by atoms with Crippen LogP contribution in [0.1, 0.15) is 36.1 Å². The summed E-state index contributed by atoms with van der Waals surface area (Å²) in [6, 6.07) is 25.9. The molecule has 0 amide bonds. The molecule has 2 aromatic heterocycles. The number of aromatic nitrogens is 2. The highest BCUT2D eigenvalue weighted by molar-refractivity contribution is 5.73. The first-order chi connectivity index (χ1) is 20.6. The van der Waals surface area contributed by atoms with E-state index < -0.39 is 0 Å². The third kappa shape index (κ3) is 6.96. The van der Waals surface area contributed by atoms with E-state index in [1.165, 1.54) is 11.4 Å². The minimum Gasteiger partial charge on any atom is -0.395 e. The second-order valence-electron chi connectivity index (χ2n) is 10.5. The van der Waals surface area contributed by atoms with Crippen LogP contribution in [0.2, 0.25) is 0 Å². The maximum Gasteiger partial charge on any atom is 0.278 e. The minimum atomic E-state index is 0.156. The summed E-state index contributed by atoms with van der Waals surface area (Å²) < 4.78 is 4.67. The van der Waals surface area contributed by atoms with Gasteiger partial charge in [0.2, 0.25) is 13.1 Å². The molecule has 6 nitrogen and oxygen atoms in total. The summed E-state index contributed by atoms with van der Waals surface area (Å²) in [6.07, 6.45) is 13.0. The number of anilines is 2. The summed E-state index contributed by atoms with van der Waals surface area (Å²) in [4.78, 5) is 4.34. The number of aryl methyl sites for hydroxylation is 2. The van der Waals surface area contributed by atoms with Gasteiger partial charge in [0, 0.05) is 61.8 Å². The van der Waals surface area contributed by atoms with Crippen molar-refractivity contribution in [3.63, 3.8) is 0 Å². The van der Waals surface area contributed by atoms with Crippen molar-refractivity contribution in [3.05, 3.63) is 107 Å². The predicted octanol–water partition coefficient (Wildman–Crippen LogP) is 4.92. The van der Waals surface area contributed by atoms with Gasteiger partial charge in [0.15, 0.2) is 12.4 Å². The Morgan fingerprint density at radius 3 is 1.31 bits per heavy atom. The summed E-state index contributed by atoms with van der Waals surface area (Å²) in [5.41, 5.74) is 9.31. The molecule has 216 valence electrons. The number of rotatable bonds is 12. The van der Waals surface area contributed by atoms with E-state index in [0.717, 1.165) is 59.8 Å². The van der Waals surface area contributed by atoms with Gasteiger partial charge in [0.1, 0.15) is 0 Å². The Kier molecular flexibility index (Phi) is 9.80. The van der Waals surface area contributed by atoms with Gasteiger partial charge in [-0.2, -0.15) is 9.13 Å². The van der Waals surface area contributed by atoms with Gasteiger partial charge in [-0.1, -0.05) is 48.6 Å². The predicted molar refractivity (Wildman–Crippen MR) is 173 cm³/mol. The van der Waals surface area contributed by atoms with E-state index >= 15 is 0 Å². The second kappa shape index (κ2) is 14.1. The first-order valence-corrected chi connectivity index (χ1v) is 15.0. The number of benzene rings is 2. The molecule has 0 saturated heterocycles. The first-order valence-electron chi connectivity index (χ1n) is 15.0. The highest BCUT2D eigenvalue weighted by Gasteiger charge is 2.29. The Labute approximate surface area is 249 Å². The van der Waals surface area contributed by atoms with Crippen molar-refractivity contribution < 1.29 is 19.3 Å². The molecule has 0 spiro atoms. The standard InChI is InChI=1S/C36H42N4O2/c1-3-37(23-25-41)33-13-9-29(10-14-33)5-7-31-17-19-39-21-22-40-20-18-32(28-36(40)35(39)27-31)8-6-30-11-15-34(16-12-30)38(4-2)24-26-42/h5-20,27-28,41-42H,3-4,21-26H2,1-2H3/q+2. The van der Waals surface area contributed by atoms with Crippen LogP contribution in [0.4, 0.5) is 11.4 Å². The lowest BCUT2D eigenvalue weighted by Gasteiger charge is -2.21. The van der Waals surface area contributed by atoms with E-state index in [2.05, 4.69) is 142 Å². The molecule has 0 atom stereocenters. The van der Waals surface area contributed by atoms with Crippen LogP contribution in [0.25, 0.3) is 35.7 Å². The van der Waals surface area contributed by atoms with Gasteiger partial charge in [0.25, 0.3) is 11.4 Å². The molecular formula is C36H42N4O2+2. The molecule has 1 aliphatic rings. The van der Waals surface area contributed by atoms with Crippen molar-refractivity contribution in [2.24, 2.45) is 0 Å². The third-order valence-electron chi connectivity index (χ3n) is 7.92. The quantitative estimate of drug-likeness (QED) is 0.241. The van der Waals surface area contributed by atoms with Crippen LogP contribution in [-0.4, -0.2) is 49.6 Å². The van der Waals surface area contributed by atoms with Gasteiger partial charge in [0.05, 0.1) is 13.2 Å². The number of pyridine rings is 2. The van der Waals surface area contributed by atoms with Gasteiger partial charge < -0.3 is 20.0 Å². The van der Waals surface area contributed by atoms with Crippen molar-refractivity contribution >= 4 is 35.7 Å². The number of aliphatic hydroxyl groups excluding tert-OH is 2. The number of fused-ring (bicyclic) bond motifs is 3. The zero-order valence-electron chi connectivity index (χ0n) is 24.7. The Morgan fingerprint density at radius 1 is 0.571 bits per heavy atom. The number of aliphatic hydroxyl groups is 2. The lowest BCUT2D eigenvalue weighted by Crippen LogP contribution is -2.53. The molecule has 0 unspecified atom stereocenters. The lowest BCUT2D eigenvalue weighted by atomic mass is 10.1. The molecule has 0 saturated carbocycles. The monoisotopic (exact) mass is 562 g/mol. The lowest BCUT2D eigenvalue weighted by molar-refractivity contribution is -0.794. The van der Waals surface area contributed by atoms with Crippen molar-refractivity contribution in [1.82, 2.24) is 0 Å². The summed E-state index contributed by atoms with van der Waals surface area (Å²) in [7, 11) is 0. The zero-order valence-corrected chi connectivity index (χ0v) is 24.7. The van der Waals surface area contributed by atoms with E-state index in [0.29, 0.717) is 13.1 Å². The number of nitrogens with zero attached hydrogens (tertiary/aromatic N) is 4. The molecule has 2 aromatic carbocycles. The molecule has 0 bridgehead atoms. The largest absolute Gasteiger partial charge is 0.395 e. The molecule has 5 rings (SSSR count). The maximum absolute atomic E-state index is 9.31. The Bertz CT molecular complexity index is 1410.